The van der Waals surface area contributed by atoms with Crippen molar-refractivity contribution in [2.45, 2.75) is 32.4 Å². The van der Waals surface area contributed by atoms with Crippen LogP contribution in [0.3, 0.4) is 0 Å². The average Bonchev–Trinajstić information content (AvgIpc) is 3.29. The Morgan fingerprint density at radius 3 is 2.82 bits per heavy atom. The first-order chi connectivity index (χ1) is 10.8. The molecule has 22 heavy (non-hydrogen) atoms. The predicted octanol–water partition coefficient (Wildman–Crippen LogP) is 3.46. The van der Waals surface area contributed by atoms with Crippen molar-refractivity contribution in [3.8, 4) is 11.5 Å². The lowest BCUT2D eigenvalue weighted by Crippen LogP contribution is -2.23. The third-order valence-corrected chi connectivity index (χ3v) is 5.01. The molecule has 1 atom stereocenters. The minimum atomic E-state index is 0.373. The Hall–Kier alpha value is -1.59. The van der Waals surface area contributed by atoms with E-state index in [1.54, 1.807) is 11.3 Å². The Balaban J connectivity index is 1.51. The molecule has 1 fully saturated rings. The van der Waals surface area contributed by atoms with Gasteiger partial charge in [0.1, 0.15) is 13.2 Å². The summed E-state index contributed by atoms with van der Waals surface area (Å²) in [4.78, 5) is 4.54. The third kappa shape index (κ3) is 2.96. The van der Waals surface area contributed by atoms with Crippen LogP contribution in [0.1, 0.15) is 35.1 Å². The van der Waals surface area contributed by atoms with E-state index in [2.05, 4.69) is 27.8 Å². The number of hydrogen-bond acceptors (Lipinski definition) is 5. The summed E-state index contributed by atoms with van der Waals surface area (Å²) in [6, 6.07) is 6.71. The Kier molecular flexibility index (Phi) is 3.76. The maximum atomic E-state index is 5.72. The molecule has 2 aromatic rings. The number of ether oxygens (including phenoxy) is 2. The molecule has 0 amide bonds. The van der Waals surface area contributed by atoms with Crippen molar-refractivity contribution in [1.29, 1.82) is 0 Å². The molecule has 0 bridgehead atoms. The SMILES string of the molecule is Cc1nc(CN[C@H](c2ccc3c(c2)OCCO3)C2CC2)cs1. The molecule has 0 radical (unpaired) electrons. The number of hydrogen-bond donors (Lipinski definition) is 1. The standard InChI is InChI=1S/C17H20N2O2S/c1-11-19-14(10-22-11)9-18-17(12-2-3-12)13-4-5-15-16(8-13)21-7-6-20-15/h4-5,8,10,12,17-18H,2-3,6-7,9H2,1H3/t17-/m0/s1. The maximum absolute atomic E-state index is 5.72. The summed E-state index contributed by atoms with van der Waals surface area (Å²) in [5.41, 5.74) is 2.42. The van der Waals surface area contributed by atoms with Crippen molar-refractivity contribution in [1.82, 2.24) is 10.3 Å². The van der Waals surface area contributed by atoms with E-state index in [0.29, 0.717) is 19.3 Å². The van der Waals surface area contributed by atoms with Gasteiger partial charge in [0.2, 0.25) is 0 Å². The topological polar surface area (TPSA) is 43.4 Å². The Morgan fingerprint density at radius 2 is 2.09 bits per heavy atom. The summed E-state index contributed by atoms with van der Waals surface area (Å²) in [6.07, 6.45) is 2.59. The third-order valence-electron chi connectivity index (χ3n) is 4.19. The molecule has 1 saturated carbocycles. The molecule has 4 nitrogen and oxygen atoms in total. The largest absolute Gasteiger partial charge is 0.486 e. The molecule has 1 aromatic carbocycles. The minimum absolute atomic E-state index is 0.373. The highest BCUT2D eigenvalue weighted by atomic mass is 32.1. The lowest BCUT2D eigenvalue weighted by atomic mass is 10.0. The van der Waals surface area contributed by atoms with Gasteiger partial charge in [0.15, 0.2) is 11.5 Å². The molecule has 5 heteroatoms. The number of fused-ring (bicyclic) bond motifs is 1. The lowest BCUT2D eigenvalue weighted by molar-refractivity contribution is 0.171. The first kappa shape index (κ1) is 14.0. The van der Waals surface area contributed by atoms with Crippen molar-refractivity contribution >= 4 is 11.3 Å². The summed E-state index contributed by atoms with van der Waals surface area (Å²) in [6.45, 7) is 4.14. The van der Waals surface area contributed by atoms with Gasteiger partial charge in [0.25, 0.3) is 0 Å². The van der Waals surface area contributed by atoms with Crippen molar-refractivity contribution in [3.05, 3.63) is 39.8 Å². The van der Waals surface area contributed by atoms with Gasteiger partial charge in [-0.05, 0) is 43.4 Å². The van der Waals surface area contributed by atoms with E-state index in [1.807, 2.05) is 13.0 Å². The van der Waals surface area contributed by atoms with Gasteiger partial charge in [-0.1, -0.05) is 6.07 Å². The number of nitrogens with zero attached hydrogens (tertiary/aromatic N) is 1. The van der Waals surface area contributed by atoms with Crippen molar-refractivity contribution in [2.75, 3.05) is 13.2 Å². The molecule has 1 aliphatic heterocycles. The van der Waals surface area contributed by atoms with Crippen LogP contribution >= 0.6 is 11.3 Å². The molecule has 2 aliphatic rings. The fraction of sp³-hybridized carbons (Fsp3) is 0.471. The van der Waals surface area contributed by atoms with E-state index in [0.717, 1.165) is 34.7 Å². The molecular weight excluding hydrogens is 296 g/mol. The van der Waals surface area contributed by atoms with E-state index in [9.17, 15) is 0 Å². The fourth-order valence-corrected chi connectivity index (χ4v) is 3.56. The van der Waals surface area contributed by atoms with Crippen LogP contribution in [0.25, 0.3) is 0 Å². The van der Waals surface area contributed by atoms with Gasteiger partial charge in [-0.2, -0.15) is 0 Å². The van der Waals surface area contributed by atoms with Crippen LogP contribution in [0, 0.1) is 12.8 Å². The number of thiazole rings is 1. The minimum Gasteiger partial charge on any atom is -0.486 e. The van der Waals surface area contributed by atoms with Crippen molar-refractivity contribution < 1.29 is 9.47 Å². The van der Waals surface area contributed by atoms with E-state index < -0.39 is 0 Å². The zero-order chi connectivity index (χ0) is 14.9. The van der Waals surface area contributed by atoms with Gasteiger partial charge >= 0.3 is 0 Å². The van der Waals surface area contributed by atoms with E-state index in [4.69, 9.17) is 9.47 Å². The quantitative estimate of drug-likeness (QED) is 0.917. The molecule has 1 N–H and O–H groups in total. The van der Waals surface area contributed by atoms with E-state index in [-0.39, 0.29) is 0 Å². The summed E-state index contributed by atoms with van der Waals surface area (Å²) < 4.78 is 11.3. The normalized spacial score (nSPS) is 18.2. The second-order valence-corrected chi connectivity index (χ2v) is 7.02. The number of benzene rings is 1. The van der Waals surface area contributed by atoms with Gasteiger partial charge in [0, 0.05) is 18.0 Å². The first-order valence-electron chi connectivity index (χ1n) is 7.83. The molecular formula is C17H20N2O2S. The molecule has 0 saturated heterocycles. The highest BCUT2D eigenvalue weighted by Crippen LogP contribution is 2.43. The second-order valence-electron chi connectivity index (χ2n) is 5.96. The van der Waals surface area contributed by atoms with Gasteiger partial charge in [-0.25, -0.2) is 4.98 Å². The lowest BCUT2D eigenvalue weighted by Gasteiger charge is -2.23. The summed E-state index contributed by atoms with van der Waals surface area (Å²) in [5.74, 6) is 2.46. The van der Waals surface area contributed by atoms with E-state index >= 15 is 0 Å². The highest BCUT2D eigenvalue weighted by Gasteiger charge is 2.32. The van der Waals surface area contributed by atoms with Crippen molar-refractivity contribution in [2.24, 2.45) is 5.92 Å². The van der Waals surface area contributed by atoms with Gasteiger partial charge in [-0.15, -0.1) is 11.3 Å². The Morgan fingerprint density at radius 1 is 1.27 bits per heavy atom. The van der Waals surface area contributed by atoms with Gasteiger partial charge in [0.05, 0.1) is 10.7 Å². The summed E-state index contributed by atoms with van der Waals surface area (Å²) >= 11 is 1.71. The number of rotatable bonds is 5. The molecule has 4 rings (SSSR count). The second kappa shape index (κ2) is 5.89. The molecule has 1 aromatic heterocycles. The van der Waals surface area contributed by atoms with Crippen LogP contribution in [0.4, 0.5) is 0 Å². The smallest absolute Gasteiger partial charge is 0.161 e. The molecule has 2 heterocycles. The monoisotopic (exact) mass is 316 g/mol. The van der Waals surface area contributed by atoms with Crippen LogP contribution in [0.15, 0.2) is 23.6 Å². The van der Waals surface area contributed by atoms with Crippen LogP contribution in [0.2, 0.25) is 0 Å². The maximum Gasteiger partial charge on any atom is 0.161 e. The number of nitrogens with one attached hydrogen (secondary N) is 1. The summed E-state index contributed by atoms with van der Waals surface area (Å²) in [7, 11) is 0. The molecule has 1 aliphatic carbocycles. The average molecular weight is 316 g/mol. The molecule has 116 valence electrons. The van der Waals surface area contributed by atoms with Gasteiger partial charge in [-0.3, -0.25) is 0 Å². The molecule has 0 unspecified atom stereocenters. The van der Waals surface area contributed by atoms with Crippen LogP contribution in [-0.4, -0.2) is 18.2 Å². The predicted molar refractivity (Wildman–Crippen MR) is 86.6 cm³/mol. The van der Waals surface area contributed by atoms with Gasteiger partial charge < -0.3 is 14.8 Å². The number of aryl methyl sites for hydroxylation is 1. The van der Waals surface area contributed by atoms with E-state index in [1.165, 1.54) is 18.4 Å². The number of aromatic nitrogens is 1. The Labute approximate surface area is 134 Å². The van der Waals surface area contributed by atoms with Crippen LogP contribution < -0.4 is 14.8 Å². The zero-order valence-corrected chi connectivity index (χ0v) is 13.5. The zero-order valence-electron chi connectivity index (χ0n) is 12.7. The Bertz CT molecular complexity index is 666. The highest BCUT2D eigenvalue weighted by molar-refractivity contribution is 7.09. The van der Waals surface area contributed by atoms with Crippen LogP contribution in [0.5, 0.6) is 11.5 Å². The fourth-order valence-electron chi connectivity index (χ4n) is 2.94. The molecule has 0 spiro atoms. The van der Waals surface area contributed by atoms with Crippen molar-refractivity contribution in [3.63, 3.8) is 0 Å². The van der Waals surface area contributed by atoms with Crippen LogP contribution in [-0.2, 0) is 6.54 Å². The summed E-state index contributed by atoms with van der Waals surface area (Å²) in [5, 5.41) is 6.94. The first-order valence-corrected chi connectivity index (χ1v) is 8.71.